The molecule has 104 valence electrons. The minimum atomic E-state index is -0.700. The topological polar surface area (TPSA) is 124 Å². The van der Waals surface area contributed by atoms with E-state index in [0.717, 1.165) is 0 Å². The van der Waals surface area contributed by atoms with E-state index >= 15 is 0 Å². The SMILES string of the molecule is CC(C)C(CN)Nc1ccc(C(N)=O)cc1[N+](=O)[O-]. The van der Waals surface area contributed by atoms with Gasteiger partial charge in [0.15, 0.2) is 0 Å². The lowest BCUT2D eigenvalue weighted by Crippen LogP contribution is -2.33. The number of benzene rings is 1. The molecule has 0 aliphatic rings. The fraction of sp³-hybridized carbons (Fsp3) is 0.417. The lowest BCUT2D eigenvalue weighted by molar-refractivity contribution is -0.384. The number of nitro groups is 1. The lowest BCUT2D eigenvalue weighted by atomic mass is 10.0. The highest BCUT2D eigenvalue weighted by Crippen LogP contribution is 2.27. The van der Waals surface area contributed by atoms with Gasteiger partial charge in [0, 0.05) is 24.2 Å². The van der Waals surface area contributed by atoms with Crippen molar-refractivity contribution in [3.63, 3.8) is 0 Å². The minimum Gasteiger partial charge on any atom is -0.375 e. The van der Waals surface area contributed by atoms with Crippen LogP contribution in [0.1, 0.15) is 24.2 Å². The number of nitrogens with zero attached hydrogens (tertiary/aromatic N) is 1. The molecule has 1 amide bonds. The van der Waals surface area contributed by atoms with Crippen molar-refractivity contribution in [3.05, 3.63) is 33.9 Å². The average Bonchev–Trinajstić information content (AvgIpc) is 2.35. The van der Waals surface area contributed by atoms with E-state index in [1.54, 1.807) is 0 Å². The second-order valence-corrected chi connectivity index (χ2v) is 4.58. The maximum absolute atomic E-state index is 11.0. The summed E-state index contributed by atoms with van der Waals surface area (Å²) in [7, 11) is 0. The number of hydrogen-bond acceptors (Lipinski definition) is 5. The van der Waals surface area contributed by atoms with Gasteiger partial charge in [-0.15, -0.1) is 0 Å². The Morgan fingerprint density at radius 3 is 2.53 bits per heavy atom. The predicted molar refractivity (Wildman–Crippen MR) is 72.9 cm³/mol. The highest BCUT2D eigenvalue weighted by atomic mass is 16.6. The molecule has 0 aliphatic carbocycles. The second-order valence-electron chi connectivity index (χ2n) is 4.58. The maximum Gasteiger partial charge on any atom is 0.293 e. The Hall–Kier alpha value is -2.15. The first-order chi connectivity index (χ1) is 8.86. The molecule has 19 heavy (non-hydrogen) atoms. The number of amides is 1. The summed E-state index contributed by atoms with van der Waals surface area (Å²) in [5.74, 6) is -0.477. The van der Waals surface area contributed by atoms with Crippen molar-refractivity contribution in [1.82, 2.24) is 0 Å². The monoisotopic (exact) mass is 266 g/mol. The largest absolute Gasteiger partial charge is 0.375 e. The number of nitro benzene ring substituents is 1. The zero-order valence-corrected chi connectivity index (χ0v) is 10.9. The van der Waals surface area contributed by atoms with Crippen LogP contribution in [-0.2, 0) is 0 Å². The average molecular weight is 266 g/mol. The molecule has 0 spiro atoms. The summed E-state index contributed by atoms with van der Waals surface area (Å²) in [5, 5.41) is 14.0. The quantitative estimate of drug-likeness (QED) is 0.525. The molecule has 0 saturated heterocycles. The molecule has 0 saturated carbocycles. The van der Waals surface area contributed by atoms with Crippen molar-refractivity contribution in [2.75, 3.05) is 11.9 Å². The molecular formula is C12H18N4O3. The van der Waals surface area contributed by atoms with E-state index in [9.17, 15) is 14.9 Å². The first-order valence-electron chi connectivity index (χ1n) is 5.91. The van der Waals surface area contributed by atoms with Crippen molar-refractivity contribution < 1.29 is 9.72 Å². The summed E-state index contributed by atoms with van der Waals surface area (Å²) in [5.41, 5.74) is 11.0. The molecule has 7 heteroatoms. The number of nitrogens with one attached hydrogen (secondary N) is 1. The van der Waals surface area contributed by atoms with Crippen LogP contribution in [0.15, 0.2) is 18.2 Å². The summed E-state index contributed by atoms with van der Waals surface area (Å²) < 4.78 is 0. The highest BCUT2D eigenvalue weighted by Gasteiger charge is 2.20. The van der Waals surface area contributed by atoms with E-state index < -0.39 is 10.8 Å². The molecule has 0 aliphatic heterocycles. The maximum atomic E-state index is 11.0. The summed E-state index contributed by atoms with van der Waals surface area (Å²) >= 11 is 0. The standard InChI is InChI=1S/C12H18N4O3/c1-7(2)10(6-13)15-9-4-3-8(12(14)17)5-11(9)16(18)19/h3-5,7,10,15H,6,13H2,1-2H3,(H2,14,17). The molecule has 1 unspecified atom stereocenters. The highest BCUT2D eigenvalue weighted by molar-refractivity contribution is 5.94. The van der Waals surface area contributed by atoms with Crippen LogP contribution >= 0.6 is 0 Å². The molecule has 1 rings (SSSR count). The van der Waals surface area contributed by atoms with Gasteiger partial charge in [-0.1, -0.05) is 13.8 Å². The number of carbonyl (C=O) groups is 1. The molecule has 0 radical (unpaired) electrons. The Labute approximate surface area is 111 Å². The fourth-order valence-corrected chi connectivity index (χ4v) is 1.66. The Morgan fingerprint density at radius 1 is 1.47 bits per heavy atom. The molecule has 5 N–H and O–H groups in total. The third-order valence-electron chi connectivity index (χ3n) is 2.88. The van der Waals surface area contributed by atoms with Crippen LogP contribution in [-0.4, -0.2) is 23.4 Å². The van der Waals surface area contributed by atoms with E-state index in [1.165, 1.54) is 18.2 Å². The van der Waals surface area contributed by atoms with E-state index in [0.29, 0.717) is 12.2 Å². The third-order valence-corrected chi connectivity index (χ3v) is 2.88. The van der Waals surface area contributed by atoms with E-state index in [4.69, 9.17) is 11.5 Å². The number of primary amides is 1. The lowest BCUT2D eigenvalue weighted by Gasteiger charge is -2.21. The summed E-state index contributed by atoms with van der Waals surface area (Å²) in [6.45, 7) is 4.29. The van der Waals surface area contributed by atoms with Crippen molar-refractivity contribution in [1.29, 1.82) is 0 Å². The van der Waals surface area contributed by atoms with E-state index in [2.05, 4.69) is 5.32 Å². The molecule has 0 aromatic heterocycles. The summed E-state index contributed by atoms with van der Waals surface area (Å²) in [4.78, 5) is 21.5. The van der Waals surface area contributed by atoms with Crippen molar-refractivity contribution in [2.45, 2.75) is 19.9 Å². The number of rotatable bonds is 6. The van der Waals surface area contributed by atoms with Gasteiger partial charge in [-0.25, -0.2) is 0 Å². The normalized spacial score (nSPS) is 12.2. The number of anilines is 1. The fourth-order valence-electron chi connectivity index (χ4n) is 1.66. The Kier molecular flexibility index (Phi) is 4.82. The second kappa shape index (κ2) is 6.14. The predicted octanol–water partition coefficient (Wildman–Crippen LogP) is 1.09. The van der Waals surface area contributed by atoms with Crippen LogP contribution in [0.4, 0.5) is 11.4 Å². The Morgan fingerprint density at radius 2 is 2.11 bits per heavy atom. The number of hydrogen-bond donors (Lipinski definition) is 3. The molecule has 7 nitrogen and oxygen atoms in total. The van der Waals surface area contributed by atoms with Crippen LogP contribution < -0.4 is 16.8 Å². The van der Waals surface area contributed by atoms with Gasteiger partial charge < -0.3 is 16.8 Å². The first-order valence-corrected chi connectivity index (χ1v) is 5.91. The van der Waals surface area contributed by atoms with Gasteiger partial charge in [-0.05, 0) is 18.1 Å². The van der Waals surface area contributed by atoms with Gasteiger partial charge in [0.05, 0.1) is 4.92 Å². The van der Waals surface area contributed by atoms with Gasteiger partial charge in [0.25, 0.3) is 5.69 Å². The van der Waals surface area contributed by atoms with Gasteiger partial charge >= 0.3 is 0 Å². The van der Waals surface area contributed by atoms with Gasteiger partial charge in [0.2, 0.25) is 5.91 Å². The first kappa shape index (κ1) is 14.9. The Bertz CT molecular complexity index is 488. The summed E-state index contributed by atoms with van der Waals surface area (Å²) in [6.07, 6.45) is 0. The number of carbonyl (C=O) groups excluding carboxylic acids is 1. The van der Waals surface area contributed by atoms with Crippen LogP contribution in [0.25, 0.3) is 0 Å². The smallest absolute Gasteiger partial charge is 0.293 e. The zero-order valence-electron chi connectivity index (χ0n) is 10.9. The van der Waals surface area contributed by atoms with Crippen molar-refractivity contribution in [3.8, 4) is 0 Å². The van der Waals surface area contributed by atoms with Gasteiger partial charge in [-0.3, -0.25) is 14.9 Å². The minimum absolute atomic E-state index is 0.0851. The molecule has 1 atom stereocenters. The molecule has 0 heterocycles. The molecule has 0 bridgehead atoms. The third kappa shape index (κ3) is 3.65. The van der Waals surface area contributed by atoms with Crippen LogP contribution in [0.5, 0.6) is 0 Å². The van der Waals surface area contributed by atoms with Crippen LogP contribution in [0.2, 0.25) is 0 Å². The molecule has 1 aromatic rings. The molecule has 1 aromatic carbocycles. The number of nitrogens with two attached hydrogens (primary N) is 2. The van der Waals surface area contributed by atoms with E-state index in [1.807, 2.05) is 13.8 Å². The molecular weight excluding hydrogens is 248 g/mol. The van der Waals surface area contributed by atoms with Crippen molar-refractivity contribution >= 4 is 17.3 Å². The van der Waals surface area contributed by atoms with Crippen LogP contribution in [0, 0.1) is 16.0 Å². The Balaban J connectivity index is 3.13. The van der Waals surface area contributed by atoms with Crippen molar-refractivity contribution in [2.24, 2.45) is 17.4 Å². The van der Waals surface area contributed by atoms with E-state index in [-0.39, 0.29) is 23.2 Å². The molecule has 0 fully saturated rings. The van der Waals surface area contributed by atoms with Gasteiger partial charge in [0.1, 0.15) is 5.69 Å². The zero-order chi connectivity index (χ0) is 14.6. The van der Waals surface area contributed by atoms with Gasteiger partial charge in [-0.2, -0.15) is 0 Å². The van der Waals surface area contributed by atoms with Crippen LogP contribution in [0.3, 0.4) is 0 Å². The summed E-state index contributed by atoms with van der Waals surface area (Å²) in [6, 6.07) is 4.01.